The zero-order valence-corrected chi connectivity index (χ0v) is 56.2. The number of pyridine rings is 2. The Morgan fingerprint density at radius 1 is 0.622 bits per heavy atom. The van der Waals surface area contributed by atoms with Crippen LogP contribution < -0.4 is 21.7 Å². The van der Waals surface area contributed by atoms with E-state index in [0.717, 1.165) is 44.1 Å². The summed E-state index contributed by atoms with van der Waals surface area (Å²) < 4.78 is 14.2. The first-order chi connectivity index (χ1) is 42.4. The molecule has 2 aliphatic rings. The molecule has 4 heterocycles. The monoisotopic (exact) mass is 1300 g/mol. The summed E-state index contributed by atoms with van der Waals surface area (Å²) in [6.45, 7) is 29.6. The van der Waals surface area contributed by atoms with Crippen molar-refractivity contribution < 1.29 is 52.6 Å². The lowest BCUT2D eigenvalue weighted by molar-refractivity contribution is -0.161. The third-order valence-corrected chi connectivity index (χ3v) is 15.6. The van der Waals surface area contributed by atoms with Crippen LogP contribution in [0.2, 0.25) is 0 Å². The number of alkyl halides is 3. The maximum atomic E-state index is 13.3. The number of piperidine rings is 2. The summed E-state index contributed by atoms with van der Waals surface area (Å²) in [5.41, 5.74) is 9.63. The molecular weight excluding hydrogens is 1210 g/mol. The number of nitrogens with one attached hydrogen (secondary N) is 3. The zero-order valence-electron chi connectivity index (χ0n) is 53.9. The molecule has 10 atom stereocenters. The lowest BCUT2D eigenvalue weighted by atomic mass is 9.95. The third kappa shape index (κ3) is 23.2. The van der Waals surface area contributed by atoms with Gasteiger partial charge in [-0.3, -0.25) is 48.3 Å². The number of likely N-dealkylation sites (tertiary alicyclic amines) is 2. The van der Waals surface area contributed by atoms with Crippen molar-refractivity contribution in [2.75, 3.05) is 32.8 Å². The van der Waals surface area contributed by atoms with Gasteiger partial charge in [-0.25, -0.2) is 0 Å². The van der Waals surface area contributed by atoms with Crippen LogP contribution in [-0.2, 0) is 52.6 Å². The first-order valence-corrected chi connectivity index (χ1v) is 31.7. The topological polar surface area (TPSA) is 259 Å². The van der Waals surface area contributed by atoms with E-state index < -0.39 is 75.6 Å². The van der Waals surface area contributed by atoms with Crippen molar-refractivity contribution in [3.8, 4) is 0 Å². The fourth-order valence-electron chi connectivity index (χ4n) is 10.0. The zero-order chi connectivity index (χ0) is 67.2. The first-order valence-electron chi connectivity index (χ1n) is 30.6. The molecule has 2 aliphatic heterocycles. The molecule has 19 nitrogen and oxygen atoms in total. The van der Waals surface area contributed by atoms with Crippen LogP contribution in [0.5, 0.6) is 0 Å². The van der Waals surface area contributed by atoms with Crippen molar-refractivity contribution in [3.05, 3.63) is 121 Å². The maximum absolute atomic E-state index is 13.3. The Morgan fingerprint density at radius 3 is 1.46 bits per heavy atom. The van der Waals surface area contributed by atoms with Gasteiger partial charge in [0.05, 0.1) is 41.1 Å². The number of amides is 5. The molecule has 4 aromatic rings. The van der Waals surface area contributed by atoms with Crippen molar-refractivity contribution in [3.63, 3.8) is 0 Å². The quantitative estimate of drug-likeness (QED) is 0.0247. The number of esters is 3. The second kappa shape index (κ2) is 36.0. The van der Waals surface area contributed by atoms with E-state index in [-0.39, 0.29) is 67.3 Å². The highest BCUT2D eigenvalue weighted by Gasteiger charge is 2.37. The van der Waals surface area contributed by atoms with Crippen LogP contribution in [0.25, 0.3) is 33.7 Å². The molecule has 0 spiro atoms. The maximum Gasteiger partial charge on any atom is 0.313 e. The normalized spacial score (nSPS) is 17.8. The molecule has 0 radical (unpaired) electrons. The van der Waals surface area contributed by atoms with Crippen LogP contribution in [0.1, 0.15) is 143 Å². The lowest BCUT2D eigenvalue weighted by Gasteiger charge is -2.34. The molecule has 490 valence electrons. The fourth-order valence-corrected chi connectivity index (χ4v) is 10.2. The number of carbonyl (C=O) groups is 8. The second-order valence-corrected chi connectivity index (χ2v) is 26.1. The number of ether oxygens (including phenoxy) is 3. The number of rotatable bonds is 22. The van der Waals surface area contributed by atoms with Crippen LogP contribution in [0.4, 0.5) is 0 Å². The minimum atomic E-state index is -1.71. The summed E-state index contributed by atoms with van der Waals surface area (Å²) >= 11 is 16.8. The molecule has 90 heavy (non-hydrogen) atoms. The minimum Gasteiger partial charge on any atom is -0.461 e. The summed E-state index contributed by atoms with van der Waals surface area (Å²) in [5.74, 6) is -5.80. The first kappa shape index (κ1) is 75.3. The standard InChI is InChI=1S/C33H44N4O5.C22H33Cl3N2O6.C13H14N2/c1-8-11-21(5)33(41)42-29(20(3)4)31(39)36-23(7)32(40)37-15-10-12-26(19-37)30(38)35-22(6)24-13-14-25-18-34-28(9-2)17-27(25)16-24;1-6-8-14(4)20(30)33-17(13(2)3)18(28)26-15(5)19(29)27-10-7-9-16(11-27)21(31)32-12-22(23,24)25;1-3-13-7-12-6-10(9(2)14)4-5-11(12)8-15-13/h8-9,11,13-14,16-18,20-23,26,29H,2,10,12,15,19H2,1,3-7H3,(H,35,38)(H,36,39);6,8,13-17H,7,9-12H2,1-5H3,(H,26,28);3-9H,1,14H2,2H3/b11-8+;8-6+;/t21-,22-,23+,26-,29+;14-,15+,16-,17+;9-/m111/s1. The molecule has 0 aliphatic carbocycles. The van der Waals surface area contributed by atoms with E-state index in [1.807, 2.05) is 62.5 Å². The summed E-state index contributed by atoms with van der Waals surface area (Å²) in [5, 5.41) is 12.8. The number of aromatic nitrogens is 2. The minimum absolute atomic E-state index is 0.0646. The molecule has 0 bridgehead atoms. The third-order valence-electron chi connectivity index (χ3n) is 15.3. The highest BCUT2D eigenvalue weighted by Crippen LogP contribution is 2.29. The number of halogens is 3. The predicted octanol–water partition coefficient (Wildman–Crippen LogP) is 10.9. The number of carbonyl (C=O) groups excluding carboxylic acids is 8. The molecule has 2 fully saturated rings. The van der Waals surface area contributed by atoms with Gasteiger partial charge < -0.3 is 45.7 Å². The molecular formula is C68H91Cl3N8O11. The average molecular weight is 1300 g/mol. The summed E-state index contributed by atoms with van der Waals surface area (Å²) in [4.78, 5) is 114. The second-order valence-electron chi connectivity index (χ2n) is 23.6. The van der Waals surface area contributed by atoms with Gasteiger partial charge >= 0.3 is 17.9 Å². The van der Waals surface area contributed by atoms with E-state index in [0.29, 0.717) is 38.8 Å². The number of nitrogens with zero attached hydrogens (tertiary/aromatic N) is 4. The molecule has 0 saturated carbocycles. The number of allylic oxidation sites excluding steroid dienone is 2. The Labute approximate surface area is 545 Å². The van der Waals surface area contributed by atoms with E-state index in [9.17, 15) is 38.4 Å². The summed E-state index contributed by atoms with van der Waals surface area (Å²) in [6.07, 6.45) is 14.4. The molecule has 5 amide bonds. The van der Waals surface area contributed by atoms with Crippen molar-refractivity contribution in [2.45, 2.75) is 149 Å². The molecule has 22 heteroatoms. The summed E-state index contributed by atoms with van der Waals surface area (Å²) in [7, 11) is 0. The van der Waals surface area contributed by atoms with Crippen LogP contribution in [0, 0.1) is 35.5 Å². The van der Waals surface area contributed by atoms with Crippen LogP contribution in [0.15, 0.2) is 98.4 Å². The van der Waals surface area contributed by atoms with E-state index in [1.54, 1.807) is 117 Å². The van der Waals surface area contributed by atoms with Crippen LogP contribution in [0.3, 0.4) is 0 Å². The van der Waals surface area contributed by atoms with Crippen molar-refractivity contribution in [2.24, 2.45) is 41.2 Å². The Balaban J connectivity index is 0.000000318. The Bertz CT molecular complexity index is 3220. The van der Waals surface area contributed by atoms with Gasteiger partial charge in [-0.1, -0.05) is 124 Å². The molecule has 2 aromatic heterocycles. The predicted molar refractivity (Wildman–Crippen MR) is 355 cm³/mol. The number of hydrogen-bond donors (Lipinski definition) is 4. The Morgan fingerprint density at radius 2 is 1.04 bits per heavy atom. The molecule has 5 N–H and O–H groups in total. The number of benzene rings is 2. The van der Waals surface area contributed by atoms with Crippen LogP contribution in [-0.4, -0.2) is 128 Å². The number of fused-ring (bicyclic) bond motifs is 2. The van der Waals surface area contributed by atoms with Crippen LogP contribution >= 0.6 is 34.8 Å². The SMILES string of the molecule is C/C=C/[C@@H](C)C(=O)O[C@H](C(=O)N[C@@H](C)C(=O)N1CCC[C@@H](C(=O)OCC(Cl)(Cl)Cl)C1)C(C)C.C=Cc1cc2cc([C@@H](C)N)ccc2cn1.C=Cc1cc2cc([C@@H](C)NC(=O)[C@@H]3CCCN(C(=O)[C@H](C)NC(=O)[C@@H](OC(=O)[C@H](C)/C=C/C)C(C)C)C3)ccc2cn1. The van der Waals surface area contributed by atoms with Gasteiger partial charge in [0.2, 0.25) is 21.5 Å². The molecule has 6 rings (SSSR count). The average Bonchev–Trinajstić information content (AvgIpc) is 1.46. The smallest absolute Gasteiger partial charge is 0.313 e. The van der Waals surface area contributed by atoms with Crippen molar-refractivity contribution >= 4 is 116 Å². The Hall–Kier alpha value is -7.19. The molecule has 0 unspecified atom stereocenters. The summed E-state index contributed by atoms with van der Waals surface area (Å²) in [6, 6.07) is 14.3. The fraction of sp³-hybridized carbons (Fsp3) is 0.500. The van der Waals surface area contributed by atoms with E-state index in [1.165, 1.54) is 4.90 Å². The van der Waals surface area contributed by atoms with Crippen molar-refractivity contribution in [1.29, 1.82) is 0 Å². The number of hydrogen-bond acceptors (Lipinski definition) is 14. The molecule has 2 aromatic carbocycles. The van der Waals surface area contributed by atoms with Gasteiger partial charge in [-0.2, -0.15) is 0 Å². The lowest BCUT2D eigenvalue weighted by Crippen LogP contribution is -2.54. The Kier molecular flexibility index (Phi) is 30.1. The highest BCUT2D eigenvalue weighted by molar-refractivity contribution is 6.67. The van der Waals surface area contributed by atoms with Gasteiger partial charge in [0, 0.05) is 55.4 Å². The molecule has 2 saturated heterocycles. The van der Waals surface area contributed by atoms with Gasteiger partial charge in [0.15, 0.2) is 12.2 Å². The van der Waals surface area contributed by atoms with Gasteiger partial charge in [0.1, 0.15) is 18.7 Å². The largest absolute Gasteiger partial charge is 0.461 e. The number of nitrogens with two attached hydrogens (primary N) is 1. The van der Waals surface area contributed by atoms with E-state index in [2.05, 4.69) is 45.1 Å². The highest BCUT2D eigenvalue weighted by atomic mass is 35.6. The van der Waals surface area contributed by atoms with Crippen molar-refractivity contribution in [1.82, 2.24) is 35.7 Å². The van der Waals surface area contributed by atoms with E-state index in [4.69, 9.17) is 54.7 Å². The van der Waals surface area contributed by atoms with Gasteiger partial charge in [0.25, 0.3) is 11.8 Å². The van der Waals surface area contributed by atoms with E-state index >= 15 is 0 Å². The van der Waals surface area contributed by atoms with Gasteiger partial charge in [-0.05, 0) is 151 Å². The van der Waals surface area contributed by atoms with Gasteiger partial charge in [-0.15, -0.1) is 0 Å².